The van der Waals surface area contributed by atoms with Crippen molar-refractivity contribution in [3.63, 3.8) is 0 Å². The monoisotopic (exact) mass is 613 g/mol. The van der Waals surface area contributed by atoms with Gasteiger partial charge < -0.3 is 14.2 Å². The van der Waals surface area contributed by atoms with E-state index in [0.29, 0.717) is 6.61 Å². The molecule has 0 aliphatic rings. The summed E-state index contributed by atoms with van der Waals surface area (Å²) in [6.45, 7) is 12.9. The second-order valence-electron chi connectivity index (χ2n) is 13.2. The molecule has 6 rings (SSSR count). The molecule has 0 spiro atoms. The van der Waals surface area contributed by atoms with Crippen molar-refractivity contribution in [2.75, 3.05) is 0 Å². The second kappa shape index (κ2) is 12.5. The maximum atomic E-state index is 6.45. The SMILES string of the molecule is CC(C)(C)Oc1ccc([S+](c2ccc(OCc3c4ccccc4cc4ccccc34)cc2)c2ccc(OC(C)(C)C)cc2)cc1. The first-order valence-corrected chi connectivity index (χ1v) is 16.7. The summed E-state index contributed by atoms with van der Waals surface area (Å²) in [5.74, 6) is 2.59. The zero-order valence-electron chi connectivity index (χ0n) is 27.0. The lowest BCUT2D eigenvalue weighted by Crippen LogP contribution is -2.23. The van der Waals surface area contributed by atoms with Crippen molar-refractivity contribution in [2.45, 2.75) is 74.0 Å². The molecule has 0 N–H and O–H groups in total. The molecule has 0 fully saturated rings. The summed E-state index contributed by atoms with van der Waals surface area (Å²) in [5, 5.41) is 4.92. The van der Waals surface area contributed by atoms with Gasteiger partial charge in [0.1, 0.15) is 35.1 Å². The summed E-state index contributed by atoms with van der Waals surface area (Å²) in [7, 11) is -0.329. The van der Waals surface area contributed by atoms with E-state index in [1.165, 1.54) is 41.8 Å². The fourth-order valence-electron chi connectivity index (χ4n) is 5.49. The van der Waals surface area contributed by atoms with Crippen molar-refractivity contribution in [3.05, 3.63) is 133 Å². The molecule has 0 bridgehead atoms. The van der Waals surface area contributed by atoms with E-state index in [-0.39, 0.29) is 22.1 Å². The molecule has 0 amide bonds. The maximum absolute atomic E-state index is 6.45. The van der Waals surface area contributed by atoms with Gasteiger partial charge in [-0.1, -0.05) is 48.5 Å². The minimum atomic E-state index is -0.329. The van der Waals surface area contributed by atoms with Gasteiger partial charge in [-0.3, -0.25) is 0 Å². The van der Waals surface area contributed by atoms with Crippen LogP contribution in [0.25, 0.3) is 21.5 Å². The number of benzene rings is 6. The molecule has 0 aliphatic carbocycles. The Morgan fingerprint density at radius 1 is 0.467 bits per heavy atom. The van der Waals surface area contributed by atoms with Crippen molar-refractivity contribution in [2.24, 2.45) is 0 Å². The third-order valence-corrected chi connectivity index (χ3v) is 9.52. The summed E-state index contributed by atoms with van der Waals surface area (Å²) in [6.07, 6.45) is 0. The first kappa shape index (κ1) is 30.6. The van der Waals surface area contributed by atoms with Gasteiger partial charge in [0.15, 0.2) is 14.7 Å². The molecular weight excluding hydrogens is 573 g/mol. The van der Waals surface area contributed by atoms with Crippen LogP contribution in [0.4, 0.5) is 0 Å². The summed E-state index contributed by atoms with van der Waals surface area (Å²) >= 11 is 0. The van der Waals surface area contributed by atoms with Crippen LogP contribution < -0.4 is 14.2 Å². The van der Waals surface area contributed by atoms with Gasteiger partial charge in [0.25, 0.3) is 0 Å². The highest BCUT2D eigenvalue weighted by Gasteiger charge is 2.29. The molecule has 6 aromatic carbocycles. The normalized spacial score (nSPS) is 12.1. The van der Waals surface area contributed by atoms with E-state index < -0.39 is 0 Å². The Labute approximate surface area is 270 Å². The quantitative estimate of drug-likeness (QED) is 0.126. The molecule has 0 heterocycles. The second-order valence-corrected chi connectivity index (χ2v) is 15.3. The molecular formula is C41H41O3S+. The van der Waals surface area contributed by atoms with E-state index in [0.717, 1.165) is 17.2 Å². The molecule has 0 aromatic heterocycles. The molecule has 0 aliphatic heterocycles. The van der Waals surface area contributed by atoms with Crippen LogP contribution in [0.2, 0.25) is 0 Å². The lowest BCUT2D eigenvalue weighted by molar-refractivity contribution is 0.130. The third-order valence-electron chi connectivity index (χ3n) is 7.29. The highest BCUT2D eigenvalue weighted by atomic mass is 32.2. The Kier molecular flexibility index (Phi) is 8.52. The molecule has 0 radical (unpaired) electrons. The van der Waals surface area contributed by atoms with E-state index in [4.69, 9.17) is 14.2 Å². The molecule has 0 saturated carbocycles. The zero-order chi connectivity index (χ0) is 31.6. The predicted octanol–water partition coefficient (Wildman–Crippen LogP) is 11.0. The number of rotatable bonds is 8. The average Bonchev–Trinajstić information content (AvgIpc) is 3.00. The van der Waals surface area contributed by atoms with Crippen LogP contribution in [0.15, 0.2) is 142 Å². The fourth-order valence-corrected chi connectivity index (χ4v) is 7.54. The topological polar surface area (TPSA) is 27.7 Å². The van der Waals surface area contributed by atoms with Crippen LogP contribution in [-0.4, -0.2) is 11.2 Å². The lowest BCUT2D eigenvalue weighted by atomic mass is 9.97. The molecule has 45 heavy (non-hydrogen) atoms. The highest BCUT2D eigenvalue weighted by Crippen LogP contribution is 2.35. The number of ether oxygens (including phenoxy) is 3. The lowest BCUT2D eigenvalue weighted by Gasteiger charge is -2.21. The van der Waals surface area contributed by atoms with Gasteiger partial charge in [-0.25, -0.2) is 0 Å². The van der Waals surface area contributed by atoms with Crippen molar-refractivity contribution in [3.8, 4) is 17.2 Å². The summed E-state index contributed by atoms with van der Waals surface area (Å²) < 4.78 is 18.7. The van der Waals surface area contributed by atoms with Crippen LogP contribution in [0.3, 0.4) is 0 Å². The first-order valence-electron chi connectivity index (χ1n) is 15.5. The van der Waals surface area contributed by atoms with Crippen LogP contribution >= 0.6 is 0 Å². The molecule has 0 unspecified atom stereocenters. The maximum Gasteiger partial charge on any atom is 0.166 e. The van der Waals surface area contributed by atoms with Gasteiger partial charge in [0, 0.05) is 5.56 Å². The average molecular weight is 614 g/mol. The van der Waals surface area contributed by atoms with E-state index in [2.05, 4.69) is 169 Å². The highest BCUT2D eigenvalue weighted by molar-refractivity contribution is 7.97. The van der Waals surface area contributed by atoms with Crippen molar-refractivity contribution >= 4 is 32.4 Å². The van der Waals surface area contributed by atoms with E-state index >= 15 is 0 Å². The van der Waals surface area contributed by atoms with Gasteiger partial charge in [0.2, 0.25) is 0 Å². The largest absolute Gasteiger partial charge is 0.489 e. The summed E-state index contributed by atoms with van der Waals surface area (Å²) in [4.78, 5) is 3.65. The fraction of sp³-hybridized carbons (Fsp3) is 0.220. The molecule has 6 aromatic rings. The zero-order valence-corrected chi connectivity index (χ0v) is 27.8. The van der Waals surface area contributed by atoms with Gasteiger partial charge >= 0.3 is 0 Å². The van der Waals surface area contributed by atoms with Crippen LogP contribution in [0.5, 0.6) is 17.2 Å². The molecule has 0 atom stereocenters. The van der Waals surface area contributed by atoms with Gasteiger partial charge in [-0.15, -0.1) is 0 Å². The summed E-state index contributed by atoms with van der Waals surface area (Å²) in [5.41, 5.74) is 0.711. The Morgan fingerprint density at radius 3 is 1.24 bits per heavy atom. The number of fused-ring (bicyclic) bond motifs is 2. The van der Waals surface area contributed by atoms with Crippen LogP contribution in [0.1, 0.15) is 47.1 Å². The Bertz CT molecular complexity index is 1780. The Hall–Kier alpha value is -4.41. The minimum Gasteiger partial charge on any atom is -0.489 e. The number of hydrogen-bond acceptors (Lipinski definition) is 3. The first-order chi connectivity index (χ1) is 21.5. The molecule has 0 saturated heterocycles. The van der Waals surface area contributed by atoms with E-state index in [1.807, 2.05) is 0 Å². The molecule has 4 heteroatoms. The van der Waals surface area contributed by atoms with Gasteiger partial charge in [-0.05, 0) is 142 Å². The Balaban J connectivity index is 1.29. The summed E-state index contributed by atoms with van der Waals surface area (Å²) in [6, 6.07) is 44.9. The minimum absolute atomic E-state index is 0.250. The van der Waals surface area contributed by atoms with Crippen molar-refractivity contribution in [1.29, 1.82) is 0 Å². The van der Waals surface area contributed by atoms with Crippen LogP contribution in [0, 0.1) is 0 Å². The van der Waals surface area contributed by atoms with Crippen molar-refractivity contribution < 1.29 is 14.2 Å². The molecule has 228 valence electrons. The standard InChI is InChI=1S/C41H41O3S/c1-40(2,3)43-32-17-23-35(24-18-32)45(36-25-19-33(20-26-36)44-41(4,5)6)34-21-15-31(16-22-34)42-28-39-37-13-9-7-11-29(37)27-30-12-8-10-14-38(30)39/h7-27H,28H2,1-6H3/q+1. The third kappa shape index (κ3) is 7.46. The van der Waals surface area contributed by atoms with E-state index in [1.54, 1.807) is 0 Å². The van der Waals surface area contributed by atoms with Gasteiger partial charge in [0.05, 0.1) is 10.9 Å². The predicted molar refractivity (Wildman–Crippen MR) is 188 cm³/mol. The van der Waals surface area contributed by atoms with Crippen molar-refractivity contribution in [1.82, 2.24) is 0 Å². The van der Waals surface area contributed by atoms with E-state index in [9.17, 15) is 0 Å². The Morgan fingerprint density at radius 2 is 0.844 bits per heavy atom. The smallest absolute Gasteiger partial charge is 0.166 e. The van der Waals surface area contributed by atoms with Gasteiger partial charge in [-0.2, -0.15) is 0 Å². The van der Waals surface area contributed by atoms with Crippen LogP contribution in [-0.2, 0) is 17.5 Å². The number of hydrogen-bond donors (Lipinski definition) is 0. The molecule has 3 nitrogen and oxygen atoms in total.